The predicted molar refractivity (Wildman–Crippen MR) is 206 cm³/mol. The number of benzene rings is 1. The summed E-state index contributed by atoms with van der Waals surface area (Å²) in [4.78, 5) is 71.0. The Labute approximate surface area is 327 Å². The molecule has 2 aromatic rings. The summed E-state index contributed by atoms with van der Waals surface area (Å²) in [6.45, 7) is 10.8. The summed E-state index contributed by atoms with van der Waals surface area (Å²) in [7, 11) is -2.51. The summed E-state index contributed by atoms with van der Waals surface area (Å²) >= 11 is 0. The van der Waals surface area contributed by atoms with Gasteiger partial charge >= 0.3 is 6.09 Å². The third-order valence-corrected chi connectivity index (χ3v) is 13.7. The molecular formula is C39H54N6O10S. The van der Waals surface area contributed by atoms with Gasteiger partial charge in [0.05, 0.1) is 35.2 Å². The number of carbonyl (C=O) groups is 4. The number of methoxy groups -OCH3 is 1. The third kappa shape index (κ3) is 8.43. The first kappa shape index (κ1) is 41.1. The van der Waals surface area contributed by atoms with Gasteiger partial charge in [0.1, 0.15) is 29.3 Å². The van der Waals surface area contributed by atoms with Crippen molar-refractivity contribution in [3.05, 3.63) is 46.8 Å². The molecule has 1 aromatic carbocycles. The van der Waals surface area contributed by atoms with Crippen molar-refractivity contribution >= 4 is 44.6 Å². The second-order valence-electron chi connectivity index (χ2n) is 17.0. The fourth-order valence-electron chi connectivity index (χ4n) is 7.46. The molecule has 0 radical (unpaired) electrons. The normalized spacial score (nSPS) is 29.6. The summed E-state index contributed by atoms with van der Waals surface area (Å²) in [6, 6.07) is 4.53. The van der Waals surface area contributed by atoms with Gasteiger partial charge in [-0.25, -0.2) is 17.9 Å². The second kappa shape index (κ2) is 15.4. The zero-order valence-corrected chi connectivity index (χ0v) is 33.9. The van der Waals surface area contributed by atoms with E-state index in [0.29, 0.717) is 36.5 Å². The SMILES string of the molecule is COCCn1nc(O[C@@H]2C[C@H]3C(=O)N[C@]4(C(=O)NS(=O)(=O)C5(C)CC5)C[C@H]4/C=C\CC[C@@H](C)[C@@H](C)[C@H](NC(=O)OC(C)(C)C)C(=O)N3C2)c2ccccc2c1=O. The first-order valence-electron chi connectivity index (χ1n) is 19.3. The zero-order chi connectivity index (χ0) is 40.8. The number of hydrogen-bond donors (Lipinski definition) is 3. The van der Waals surface area contributed by atoms with Crippen LogP contribution in [0.25, 0.3) is 10.8 Å². The first-order chi connectivity index (χ1) is 26.3. The van der Waals surface area contributed by atoms with Crippen LogP contribution in [-0.2, 0) is 40.4 Å². The van der Waals surface area contributed by atoms with E-state index in [0.717, 1.165) is 0 Å². The van der Waals surface area contributed by atoms with Crippen LogP contribution < -0.4 is 25.7 Å². The quantitative estimate of drug-likeness (QED) is 0.315. The molecule has 2 aliphatic carbocycles. The van der Waals surface area contributed by atoms with Gasteiger partial charge in [-0.2, -0.15) is 0 Å². The maximum atomic E-state index is 14.8. The van der Waals surface area contributed by atoms with Crippen LogP contribution in [0.15, 0.2) is 41.2 Å². The van der Waals surface area contributed by atoms with Crippen LogP contribution in [0.1, 0.15) is 80.1 Å². The number of rotatable bonds is 9. The van der Waals surface area contributed by atoms with Crippen LogP contribution in [0.5, 0.6) is 5.88 Å². The summed E-state index contributed by atoms with van der Waals surface area (Å²) in [5.74, 6) is -2.90. The lowest BCUT2D eigenvalue weighted by atomic mass is 9.85. The molecule has 16 nitrogen and oxygen atoms in total. The van der Waals surface area contributed by atoms with Crippen LogP contribution in [0.4, 0.5) is 4.79 Å². The minimum Gasteiger partial charge on any atom is -0.471 e. The van der Waals surface area contributed by atoms with Crippen LogP contribution in [0, 0.1) is 17.8 Å². The summed E-state index contributed by atoms with van der Waals surface area (Å²) in [5, 5.41) is 11.0. The van der Waals surface area contributed by atoms with E-state index >= 15 is 0 Å². The molecule has 4 amide bonds. The molecule has 1 saturated heterocycles. The minimum absolute atomic E-state index is 0.0392. The molecule has 2 saturated carbocycles. The zero-order valence-electron chi connectivity index (χ0n) is 33.1. The lowest BCUT2D eigenvalue weighted by Gasteiger charge is -2.34. The monoisotopic (exact) mass is 798 g/mol. The number of allylic oxidation sites excluding steroid dienone is 1. The molecule has 7 atom stereocenters. The Kier molecular flexibility index (Phi) is 11.3. The summed E-state index contributed by atoms with van der Waals surface area (Å²) < 4.78 is 46.0. The highest BCUT2D eigenvalue weighted by Crippen LogP contribution is 2.47. The Morgan fingerprint density at radius 2 is 1.79 bits per heavy atom. The molecule has 3 heterocycles. The van der Waals surface area contributed by atoms with Gasteiger partial charge in [0.2, 0.25) is 27.7 Å². The van der Waals surface area contributed by atoms with E-state index in [1.807, 2.05) is 26.0 Å². The number of nitrogens with one attached hydrogen (secondary N) is 3. The fraction of sp³-hybridized carbons (Fsp3) is 0.641. The van der Waals surface area contributed by atoms with Crippen LogP contribution in [0.2, 0.25) is 0 Å². The number of aromatic nitrogens is 2. The number of hydrogen-bond acceptors (Lipinski definition) is 11. The topological polar surface area (TPSA) is 204 Å². The Bertz CT molecular complexity index is 2080. The smallest absolute Gasteiger partial charge is 0.408 e. The van der Waals surface area contributed by atoms with Gasteiger partial charge < -0.3 is 29.7 Å². The maximum Gasteiger partial charge on any atom is 0.408 e. The third-order valence-electron chi connectivity index (χ3n) is 11.6. The van der Waals surface area contributed by atoms with E-state index < -0.39 is 79.7 Å². The van der Waals surface area contributed by atoms with Gasteiger partial charge in [0.25, 0.3) is 11.5 Å². The highest BCUT2D eigenvalue weighted by Gasteiger charge is 2.63. The molecule has 4 aliphatic rings. The summed E-state index contributed by atoms with van der Waals surface area (Å²) in [6.07, 6.45) is 4.31. The van der Waals surface area contributed by atoms with Gasteiger partial charge in [-0.15, -0.1) is 5.10 Å². The van der Waals surface area contributed by atoms with Crippen molar-refractivity contribution in [2.45, 2.75) is 121 Å². The van der Waals surface area contributed by atoms with Crippen molar-refractivity contribution in [2.75, 3.05) is 20.3 Å². The van der Waals surface area contributed by atoms with Gasteiger partial charge in [0.15, 0.2) is 0 Å². The number of fused-ring (bicyclic) bond motifs is 3. The Morgan fingerprint density at radius 3 is 2.45 bits per heavy atom. The second-order valence-corrected chi connectivity index (χ2v) is 19.2. The molecule has 0 bridgehead atoms. The van der Waals surface area contributed by atoms with E-state index in [2.05, 4.69) is 20.5 Å². The maximum absolute atomic E-state index is 14.8. The van der Waals surface area contributed by atoms with Gasteiger partial charge in [-0.3, -0.25) is 23.9 Å². The van der Waals surface area contributed by atoms with Crippen molar-refractivity contribution in [3.8, 4) is 5.88 Å². The molecule has 0 unspecified atom stereocenters. The molecule has 6 rings (SSSR count). The van der Waals surface area contributed by atoms with Crippen molar-refractivity contribution in [2.24, 2.45) is 17.8 Å². The molecule has 0 spiro atoms. The van der Waals surface area contributed by atoms with E-state index in [1.165, 1.54) is 16.7 Å². The highest BCUT2D eigenvalue weighted by molar-refractivity contribution is 7.91. The average molecular weight is 799 g/mol. The molecule has 56 heavy (non-hydrogen) atoms. The molecular weight excluding hydrogens is 745 g/mol. The molecule has 17 heteroatoms. The number of sulfonamides is 1. The lowest BCUT2D eigenvalue weighted by molar-refractivity contribution is -0.142. The molecule has 3 N–H and O–H groups in total. The minimum atomic E-state index is -4.02. The Hall–Kier alpha value is -4.51. The molecule has 2 aliphatic heterocycles. The van der Waals surface area contributed by atoms with Crippen molar-refractivity contribution < 1.29 is 41.8 Å². The van der Waals surface area contributed by atoms with Gasteiger partial charge in [0, 0.05) is 19.4 Å². The number of nitrogens with zero attached hydrogens (tertiary/aromatic N) is 3. The number of amides is 4. The standard InChI is InChI=1S/C39H54N6O10S/c1-23-12-8-9-13-25-21-39(25,35(49)43-56(51,52)38(6)16-17-38)41-31(46)29-20-26(22-44(29)34(48)30(24(23)2)40-36(50)55-37(3,4)5)54-32-27-14-10-11-15-28(27)33(47)45(42-32)18-19-53-7/h9-11,13-15,23-26,29-30H,8,12,16-22H2,1-7H3,(H,40,50)(H,41,46)(H,43,49)/b13-9-/t23-,24-,25-,26-,29+,30+,39-/m1/s1. The predicted octanol–water partition coefficient (Wildman–Crippen LogP) is 2.78. The average Bonchev–Trinajstić information content (AvgIpc) is 4.01. The highest BCUT2D eigenvalue weighted by atomic mass is 32.2. The Balaban J connectivity index is 1.37. The number of ether oxygens (including phenoxy) is 3. The lowest BCUT2D eigenvalue weighted by Crippen LogP contribution is -2.60. The summed E-state index contributed by atoms with van der Waals surface area (Å²) in [5.41, 5.74) is -2.75. The first-order valence-corrected chi connectivity index (χ1v) is 20.8. The van der Waals surface area contributed by atoms with Crippen LogP contribution in [-0.4, -0.2) is 101 Å². The van der Waals surface area contributed by atoms with E-state index in [9.17, 15) is 32.4 Å². The van der Waals surface area contributed by atoms with Crippen molar-refractivity contribution in [1.82, 2.24) is 30.0 Å². The fourth-order valence-corrected chi connectivity index (χ4v) is 8.77. The number of carbonyl (C=O) groups excluding carboxylic acids is 4. The van der Waals surface area contributed by atoms with Gasteiger partial charge in [-0.05, 0) is 83.8 Å². The van der Waals surface area contributed by atoms with E-state index in [-0.39, 0.29) is 49.9 Å². The van der Waals surface area contributed by atoms with E-state index in [1.54, 1.807) is 52.0 Å². The Morgan fingerprint density at radius 1 is 1.09 bits per heavy atom. The van der Waals surface area contributed by atoms with Crippen LogP contribution >= 0.6 is 0 Å². The largest absolute Gasteiger partial charge is 0.471 e. The van der Waals surface area contributed by atoms with Crippen molar-refractivity contribution in [3.63, 3.8) is 0 Å². The van der Waals surface area contributed by atoms with Crippen molar-refractivity contribution in [1.29, 1.82) is 0 Å². The molecule has 306 valence electrons. The van der Waals surface area contributed by atoms with Gasteiger partial charge in [-0.1, -0.05) is 38.1 Å². The molecule has 1 aromatic heterocycles. The van der Waals surface area contributed by atoms with E-state index in [4.69, 9.17) is 14.2 Å². The molecule has 3 fully saturated rings. The van der Waals surface area contributed by atoms with Crippen LogP contribution in [0.3, 0.4) is 0 Å². The number of alkyl carbamates (subject to hydrolysis) is 1.